The molecule has 2 rings (SSSR count). The molecule has 20 heavy (non-hydrogen) atoms. The summed E-state index contributed by atoms with van der Waals surface area (Å²) in [7, 11) is 0. The van der Waals surface area contributed by atoms with Crippen LogP contribution in [0.25, 0.3) is 0 Å². The first kappa shape index (κ1) is 14.8. The van der Waals surface area contributed by atoms with Gasteiger partial charge in [0.2, 0.25) is 0 Å². The van der Waals surface area contributed by atoms with E-state index in [-0.39, 0.29) is 5.91 Å². The summed E-state index contributed by atoms with van der Waals surface area (Å²) >= 11 is 0. The fraction of sp³-hybridized carbons (Fsp3) is 0.533. The predicted octanol–water partition coefficient (Wildman–Crippen LogP) is 1.12. The number of benzene rings is 1. The number of ether oxygens (including phenoxy) is 1. The lowest BCUT2D eigenvalue weighted by molar-refractivity contribution is 0.0366. The third-order valence-electron chi connectivity index (χ3n) is 3.65. The first-order chi connectivity index (χ1) is 9.72. The molecule has 4 N–H and O–H groups in total. The van der Waals surface area contributed by atoms with Gasteiger partial charge in [-0.25, -0.2) is 0 Å². The summed E-state index contributed by atoms with van der Waals surface area (Å²) < 4.78 is 5.79. The number of carbonyl (C=O) groups is 1. The minimum atomic E-state index is -0.373. The largest absolute Gasteiger partial charge is 0.378 e. The number of amides is 1. The number of hydrogen-bond donors (Lipinski definition) is 2. The average molecular weight is 277 g/mol. The van der Waals surface area contributed by atoms with Crippen molar-refractivity contribution >= 4 is 11.6 Å². The summed E-state index contributed by atoms with van der Waals surface area (Å²) in [5, 5.41) is 0. The Hall–Kier alpha value is -1.59. The first-order valence-corrected chi connectivity index (χ1v) is 7.18. The molecule has 0 aromatic heterocycles. The number of nitrogens with two attached hydrogens (primary N) is 2. The van der Waals surface area contributed by atoms with Gasteiger partial charge in [0, 0.05) is 25.4 Å². The van der Waals surface area contributed by atoms with Crippen LogP contribution < -0.4 is 16.4 Å². The van der Waals surface area contributed by atoms with Gasteiger partial charge < -0.3 is 21.1 Å². The van der Waals surface area contributed by atoms with Crippen LogP contribution >= 0.6 is 0 Å². The van der Waals surface area contributed by atoms with Crippen molar-refractivity contribution in [3.8, 4) is 0 Å². The molecule has 0 aliphatic carbocycles. The molecular formula is C15H23N3O2. The van der Waals surface area contributed by atoms with E-state index < -0.39 is 0 Å². The van der Waals surface area contributed by atoms with Gasteiger partial charge in [0.15, 0.2) is 0 Å². The van der Waals surface area contributed by atoms with E-state index in [4.69, 9.17) is 16.2 Å². The standard InChI is InChI=1S/C15H23N3O2/c16-8-3-11-20-12-6-9-18(10-7-12)14-5-2-1-4-13(14)15(17)19/h1-2,4-5,12H,3,6-11,16H2,(H2,17,19). The maximum atomic E-state index is 11.5. The minimum Gasteiger partial charge on any atom is -0.378 e. The van der Waals surface area contributed by atoms with Crippen LogP contribution in [0.3, 0.4) is 0 Å². The third kappa shape index (κ3) is 3.71. The van der Waals surface area contributed by atoms with Gasteiger partial charge in [0.05, 0.1) is 11.7 Å². The molecule has 0 spiro atoms. The molecule has 5 heteroatoms. The predicted molar refractivity (Wildman–Crippen MR) is 79.8 cm³/mol. The molecule has 5 nitrogen and oxygen atoms in total. The zero-order valence-electron chi connectivity index (χ0n) is 11.8. The van der Waals surface area contributed by atoms with Gasteiger partial charge in [0.25, 0.3) is 5.91 Å². The summed E-state index contributed by atoms with van der Waals surface area (Å²) in [6.07, 6.45) is 3.15. The summed E-state index contributed by atoms with van der Waals surface area (Å²) in [5.41, 5.74) is 12.4. The molecule has 1 aliphatic heterocycles. The molecule has 1 heterocycles. The van der Waals surface area contributed by atoms with Crippen molar-refractivity contribution < 1.29 is 9.53 Å². The molecule has 0 atom stereocenters. The monoisotopic (exact) mass is 277 g/mol. The van der Waals surface area contributed by atoms with E-state index in [0.717, 1.165) is 44.6 Å². The average Bonchev–Trinajstić information content (AvgIpc) is 2.48. The molecule has 1 aromatic carbocycles. The van der Waals surface area contributed by atoms with Crippen LogP contribution in [0.2, 0.25) is 0 Å². The van der Waals surface area contributed by atoms with Crippen LogP contribution in [-0.2, 0) is 4.74 Å². The Bertz CT molecular complexity index is 442. The molecule has 1 aliphatic rings. The number of carbonyl (C=O) groups excluding carboxylic acids is 1. The van der Waals surface area contributed by atoms with Crippen molar-refractivity contribution in [3.63, 3.8) is 0 Å². The van der Waals surface area contributed by atoms with Gasteiger partial charge in [0.1, 0.15) is 0 Å². The molecule has 0 unspecified atom stereocenters. The van der Waals surface area contributed by atoms with Crippen molar-refractivity contribution in [2.24, 2.45) is 11.5 Å². The molecule has 1 saturated heterocycles. The van der Waals surface area contributed by atoms with Crippen LogP contribution in [0.15, 0.2) is 24.3 Å². The number of primary amides is 1. The highest BCUT2D eigenvalue weighted by molar-refractivity contribution is 5.98. The second kappa shape index (κ2) is 7.26. The molecule has 1 fully saturated rings. The van der Waals surface area contributed by atoms with Crippen LogP contribution in [0.4, 0.5) is 5.69 Å². The van der Waals surface area contributed by atoms with Gasteiger partial charge in [-0.3, -0.25) is 4.79 Å². The lowest BCUT2D eigenvalue weighted by Gasteiger charge is -2.34. The first-order valence-electron chi connectivity index (χ1n) is 7.18. The zero-order valence-corrected chi connectivity index (χ0v) is 11.8. The van der Waals surface area contributed by atoms with Gasteiger partial charge in [-0.05, 0) is 37.9 Å². The highest BCUT2D eigenvalue weighted by Crippen LogP contribution is 2.24. The van der Waals surface area contributed by atoms with Crippen LogP contribution in [0.1, 0.15) is 29.6 Å². The van der Waals surface area contributed by atoms with Gasteiger partial charge in [-0.2, -0.15) is 0 Å². The SMILES string of the molecule is NCCCOC1CCN(c2ccccc2C(N)=O)CC1. The van der Waals surface area contributed by atoms with Crippen molar-refractivity contribution in [2.45, 2.75) is 25.4 Å². The van der Waals surface area contributed by atoms with Crippen LogP contribution in [0.5, 0.6) is 0 Å². The fourth-order valence-electron chi connectivity index (χ4n) is 2.55. The van der Waals surface area contributed by atoms with E-state index in [1.807, 2.05) is 18.2 Å². The molecule has 1 amide bonds. The number of piperidine rings is 1. The summed E-state index contributed by atoms with van der Waals surface area (Å²) in [4.78, 5) is 13.7. The maximum Gasteiger partial charge on any atom is 0.250 e. The zero-order chi connectivity index (χ0) is 14.4. The van der Waals surface area contributed by atoms with Gasteiger partial charge in [-0.15, -0.1) is 0 Å². The van der Waals surface area contributed by atoms with Crippen molar-refractivity contribution in [1.82, 2.24) is 0 Å². The summed E-state index contributed by atoms with van der Waals surface area (Å²) in [5.74, 6) is -0.373. The van der Waals surface area contributed by atoms with Crippen molar-refractivity contribution in [1.29, 1.82) is 0 Å². The minimum absolute atomic E-state index is 0.304. The Morgan fingerprint density at radius 2 is 2.00 bits per heavy atom. The molecule has 0 radical (unpaired) electrons. The van der Waals surface area contributed by atoms with E-state index in [1.165, 1.54) is 0 Å². The second-order valence-electron chi connectivity index (χ2n) is 5.08. The third-order valence-corrected chi connectivity index (χ3v) is 3.65. The molecule has 0 saturated carbocycles. The highest BCUT2D eigenvalue weighted by atomic mass is 16.5. The van der Waals surface area contributed by atoms with E-state index in [0.29, 0.717) is 18.2 Å². The Balaban J connectivity index is 1.92. The Labute approximate surface area is 119 Å². The topological polar surface area (TPSA) is 81.6 Å². The van der Waals surface area contributed by atoms with E-state index in [9.17, 15) is 4.79 Å². The number of para-hydroxylation sites is 1. The number of hydrogen-bond acceptors (Lipinski definition) is 4. The lowest BCUT2D eigenvalue weighted by atomic mass is 10.0. The maximum absolute atomic E-state index is 11.5. The van der Waals surface area contributed by atoms with Gasteiger partial charge in [-0.1, -0.05) is 12.1 Å². The van der Waals surface area contributed by atoms with Crippen molar-refractivity contribution in [3.05, 3.63) is 29.8 Å². The Kier molecular flexibility index (Phi) is 5.38. The van der Waals surface area contributed by atoms with Gasteiger partial charge >= 0.3 is 0 Å². The number of rotatable bonds is 6. The number of nitrogens with zero attached hydrogens (tertiary/aromatic N) is 1. The Morgan fingerprint density at radius 1 is 1.30 bits per heavy atom. The molecule has 0 bridgehead atoms. The lowest BCUT2D eigenvalue weighted by Crippen LogP contribution is -2.38. The normalized spacial score (nSPS) is 16.4. The summed E-state index contributed by atoms with van der Waals surface area (Å²) in [6.45, 7) is 3.18. The van der Waals surface area contributed by atoms with Crippen LogP contribution in [-0.4, -0.2) is 38.3 Å². The Morgan fingerprint density at radius 3 is 2.65 bits per heavy atom. The number of anilines is 1. The van der Waals surface area contributed by atoms with Crippen molar-refractivity contribution in [2.75, 3.05) is 31.1 Å². The molecular weight excluding hydrogens is 254 g/mol. The molecule has 110 valence electrons. The highest BCUT2D eigenvalue weighted by Gasteiger charge is 2.22. The van der Waals surface area contributed by atoms with E-state index >= 15 is 0 Å². The van der Waals surface area contributed by atoms with E-state index in [2.05, 4.69) is 4.90 Å². The fourth-order valence-corrected chi connectivity index (χ4v) is 2.55. The second-order valence-corrected chi connectivity index (χ2v) is 5.08. The quantitative estimate of drug-likeness (QED) is 0.763. The van der Waals surface area contributed by atoms with E-state index in [1.54, 1.807) is 6.07 Å². The molecule has 1 aromatic rings. The smallest absolute Gasteiger partial charge is 0.250 e. The summed E-state index contributed by atoms with van der Waals surface area (Å²) in [6, 6.07) is 7.51. The van der Waals surface area contributed by atoms with Crippen LogP contribution in [0, 0.1) is 0 Å².